The molecular weight excluding hydrogens is 334 g/mol. The van der Waals surface area contributed by atoms with Gasteiger partial charge in [0, 0.05) is 30.4 Å². The molecule has 4 nitrogen and oxygen atoms in total. The van der Waals surface area contributed by atoms with E-state index in [1.165, 1.54) is 0 Å². The lowest BCUT2D eigenvalue weighted by Gasteiger charge is -2.30. The van der Waals surface area contributed by atoms with Gasteiger partial charge in [-0.25, -0.2) is 4.98 Å². The summed E-state index contributed by atoms with van der Waals surface area (Å²) in [4.78, 5) is 19.6. The van der Waals surface area contributed by atoms with Gasteiger partial charge in [-0.3, -0.25) is 9.69 Å². The Bertz CT molecular complexity index is 882. The van der Waals surface area contributed by atoms with Gasteiger partial charge in [0.15, 0.2) is 5.78 Å². The maximum absolute atomic E-state index is 12.6. The molecule has 0 spiro atoms. The normalized spacial score (nSPS) is 16.4. The Hall–Kier alpha value is -2.17. The van der Waals surface area contributed by atoms with Crippen molar-refractivity contribution in [2.75, 3.05) is 13.1 Å². The van der Waals surface area contributed by atoms with Crippen LogP contribution in [0.5, 0.6) is 0 Å². The number of carbonyl (C=O) groups excluding carboxylic acids is 1. The summed E-state index contributed by atoms with van der Waals surface area (Å²) >= 11 is 6.03. The van der Waals surface area contributed by atoms with Crippen molar-refractivity contribution >= 4 is 23.0 Å². The molecule has 0 radical (unpaired) electrons. The van der Waals surface area contributed by atoms with Crippen molar-refractivity contribution in [3.05, 3.63) is 71.1 Å². The van der Waals surface area contributed by atoms with Crippen molar-refractivity contribution in [2.24, 2.45) is 5.92 Å². The maximum Gasteiger partial charge on any atom is 0.166 e. The Balaban J connectivity index is 1.37. The molecule has 0 aliphatic carbocycles. The van der Waals surface area contributed by atoms with E-state index in [-0.39, 0.29) is 11.7 Å². The van der Waals surface area contributed by atoms with Crippen molar-refractivity contribution < 1.29 is 4.79 Å². The van der Waals surface area contributed by atoms with Crippen LogP contribution in [0.4, 0.5) is 0 Å². The predicted octanol–water partition coefficient (Wildman–Crippen LogP) is 4.08. The molecule has 5 heteroatoms. The molecule has 1 fully saturated rings. The highest BCUT2D eigenvalue weighted by molar-refractivity contribution is 6.30. The molecule has 1 saturated heterocycles. The van der Waals surface area contributed by atoms with Crippen molar-refractivity contribution in [1.29, 1.82) is 0 Å². The minimum Gasteiger partial charge on any atom is -0.305 e. The number of hydrogen-bond acceptors (Lipinski definition) is 3. The number of benzene rings is 1. The Morgan fingerprint density at radius 2 is 1.84 bits per heavy atom. The number of likely N-dealkylation sites (tertiary alicyclic amines) is 1. The van der Waals surface area contributed by atoms with E-state index in [4.69, 9.17) is 11.6 Å². The number of fused-ring (bicyclic) bond motifs is 1. The molecule has 3 heterocycles. The van der Waals surface area contributed by atoms with Gasteiger partial charge in [-0.15, -0.1) is 0 Å². The van der Waals surface area contributed by atoms with Crippen LogP contribution < -0.4 is 0 Å². The molecular formula is C20H20ClN3O. The first-order valence-corrected chi connectivity index (χ1v) is 9.01. The molecule has 1 aromatic carbocycles. The number of piperidine rings is 1. The number of halogens is 1. The van der Waals surface area contributed by atoms with Crippen LogP contribution >= 0.6 is 11.6 Å². The molecule has 3 aromatic rings. The van der Waals surface area contributed by atoms with Crippen LogP contribution in [0.1, 0.15) is 28.9 Å². The first kappa shape index (κ1) is 16.3. The zero-order valence-corrected chi connectivity index (χ0v) is 14.7. The summed E-state index contributed by atoms with van der Waals surface area (Å²) in [6, 6.07) is 13.4. The Morgan fingerprint density at radius 1 is 1.08 bits per heavy atom. The third-order valence-corrected chi connectivity index (χ3v) is 5.09. The molecule has 4 rings (SSSR count). The number of aromatic nitrogens is 2. The van der Waals surface area contributed by atoms with E-state index in [0.29, 0.717) is 5.02 Å². The summed E-state index contributed by atoms with van der Waals surface area (Å²) in [6.07, 6.45) is 5.72. The first-order chi connectivity index (χ1) is 12.2. The largest absolute Gasteiger partial charge is 0.305 e. The smallest absolute Gasteiger partial charge is 0.166 e. The second-order valence-corrected chi connectivity index (χ2v) is 7.06. The molecule has 0 N–H and O–H groups in total. The van der Waals surface area contributed by atoms with Gasteiger partial charge in [0.05, 0.1) is 10.7 Å². The van der Waals surface area contributed by atoms with Crippen molar-refractivity contribution in [2.45, 2.75) is 19.4 Å². The summed E-state index contributed by atoms with van der Waals surface area (Å²) in [7, 11) is 0. The van der Waals surface area contributed by atoms with Gasteiger partial charge in [-0.1, -0.05) is 41.9 Å². The second-order valence-electron chi connectivity index (χ2n) is 6.63. The fraction of sp³-hybridized carbons (Fsp3) is 0.300. The minimum atomic E-state index is 0.138. The summed E-state index contributed by atoms with van der Waals surface area (Å²) in [6.45, 7) is 2.67. The van der Waals surface area contributed by atoms with E-state index in [1.807, 2.05) is 59.3 Å². The highest BCUT2D eigenvalue weighted by atomic mass is 35.5. The van der Waals surface area contributed by atoms with E-state index >= 15 is 0 Å². The van der Waals surface area contributed by atoms with Crippen LogP contribution in [0.2, 0.25) is 5.02 Å². The molecule has 0 atom stereocenters. The van der Waals surface area contributed by atoms with Crippen LogP contribution in [0, 0.1) is 5.92 Å². The number of pyridine rings is 1. The second kappa shape index (κ2) is 6.98. The molecule has 25 heavy (non-hydrogen) atoms. The average Bonchev–Trinajstić information content (AvgIpc) is 3.04. The molecule has 1 aliphatic rings. The number of hydrogen-bond donors (Lipinski definition) is 0. The number of ketones is 1. The van der Waals surface area contributed by atoms with Crippen LogP contribution in [-0.4, -0.2) is 33.2 Å². The van der Waals surface area contributed by atoms with E-state index in [9.17, 15) is 4.79 Å². The molecule has 128 valence electrons. The van der Waals surface area contributed by atoms with Crippen LogP contribution in [0.15, 0.2) is 54.9 Å². The van der Waals surface area contributed by atoms with Crippen LogP contribution in [-0.2, 0) is 6.54 Å². The third-order valence-electron chi connectivity index (χ3n) is 4.87. The van der Waals surface area contributed by atoms with Gasteiger partial charge in [-0.2, -0.15) is 0 Å². The summed E-state index contributed by atoms with van der Waals surface area (Å²) in [5.74, 6) is 0.418. The fourth-order valence-corrected chi connectivity index (χ4v) is 3.68. The molecule has 0 bridgehead atoms. The van der Waals surface area contributed by atoms with Gasteiger partial charge in [0.25, 0.3) is 0 Å². The van der Waals surface area contributed by atoms with Gasteiger partial charge in [0.2, 0.25) is 0 Å². The SMILES string of the molecule is O=C(c1ccccc1)C1CCN(Cc2cn3cc(Cl)ccc3n2)CC1. The number of imidazole rings is 1. The first-order valence-electron chi connectivity index (χ1n) is 8.64. The maximum atomic E-state index is 12.6. The predicted molar refractivity (Wildman–Crippen MR) is 99.0 cm³/mol. The monoisotopic (exact) mass is 353 g/mol. The van der Waals surface area contributed by atoms with Crippen molar-refractivity contribution in [3.8, 4) is 0 Å². The Labute approximate surface area is 152 Å². The fourth-order valence-electron chi connectivity index (χ4n) is 3.51. The third kappa shape index (κ3) is 3.60. The molecule has 0 saturated carbocycles. The molecule has 1 aliphatic heterocycles. The van der Waals surface area contributed by atoms with Crippen molar-refractivity contribution in [3.63, 3.8) is 0 Å². The van der Waals surface area contributed by atoms with E-state index in [1.54, 1.807) is 0 Å². The highest BCUT2D eigenvalue weighted by Gasteiger charge is 2.26. The number of carbonyl (C=O) groups is 1. The zero-order valence-electron chi connectivity index (χ0n) is 13.9. The minimum absolute atomic E-state index is 0.138. The number of rotatable bonds is 4. The van der Waals surface area contributed by atoms with E-state index < -0.39 is 0 Å². The lowest BCUT2D eigenvalue weighted by molar-refractivity contribution is 0.0834. The van der Waals surface area contributed by atoms with E-state index in [2.05, 4.69) is 9.88 Å². The van der Waals surface area contributed by atoms with Gasteiger partial charge in [0.1, 0.15) is 5.65 Å². The number of Topliss-reactive ketones (excluding diaryl/α,β-unsaturated/α-hetero) is 1. The summed E-state index contributed by atoms with van der Waals surface area (Å²) in [5, 5.41) is 0.705. The molecule has 2 aromatic heterocycles. The van der Waals surface area contributed by atoms with Crippen LogP contribution in [0.3, 0.4) is 0 Å². The lowest BCUT2D eigenvalue weighted by atomic mass is 9.89. The zero-order chi connectivity index (χ0) is 17.2. The topological polar surface area (TPSA) is 37.6 Å². The van der Waals surface area contributed by atoms with Gasteiger partial charge >= 0.3 is 0 Å². The van der Waals surface area contributed by atoms with E-state index in [0.717, 1.165) is 49.4 Å². The van der Waals surface area contributed by atoms with Crippen LogP contribution in [0.25, 0.3) is 5.65 Å². The van der Waals surface area contributed by atoms with Gasteiger partial charge < -0.3 is 4.40 Å². The Morgan fingerprint density at radius 3 is 2.60 bits per heavy atom. The summed E-state index contributed by atoms with van der Waals surface area (Å²) in [5.41, 5.74) is 2.78. The average molecular weight is 354 g/mol. The standard InChI is InChI=1S/C20H20ClN3O/c21-17-6-7-19-22-18(14-24(19)12-17)13-23-10-8-16(9-11-23)20(25)15-4-2-1-3-5-15/h1-7,12,14,16H,8-11,13H2. The lowest BCUT2D eigenvalue weighted by Crippen LogP contribution is -2.36. The quantitative estimate of drug-likeness (QED) is 0.663. The Kier molecular flexibility index (Phi) is 4.55. The highest BCUT2D eigenvalue weighted by Crippen LogP contribution is 2.23. The van der Waals surface area contributed by atoms with Gasteiger partial charge in [-0.05, 0) is 38.1 Å². The molecule has 0 unspecified atom stereocenters. The number of nitrogens with zero attached hydrogens (tertiary/aromatic N) is 3. The van der Waals surface area contributed by atoms with Crippen molar-refractivity contribution in [1.82, 2.24) is 14.3 Å². The summed E-state index contributed by atoms with van der Waals surface area (Å²) < 4.78 is 1.96. The molecule has 0 amide bonds.